The molecule has 2 aromatic rings. The Kier molecular flexibility index (Phi) is 3.38. The molecule has 0 unspecified atom stereocenters. The van der Waals surface area contributed by atoms with E-state index in [1.807, 2.05) is 0 Å². The molecule has 88 valence electrons. The summed E-state index contributed by atoms with van der Waals surface area (Å²) in [6, 6.07) is 3.52. The van der Waals surface area contributed by atoms with E-state index in [1.54, 1.807) is 25.3 Å². The van der Waals surface area contributed by atoms with E-state index in [-0.39, 0.29) is 5.75 Å². The molecule has 0 atom stereocenters. The van der Waals surface area contributed by atoms with E-state index in [0.29, 0.717) is 22.3 Å². The summed E-state index contributed by atoms with van der Waals surface area (Å²) in [4.78, 5) is 18.7. The molecule has 0 amide bonds. The Bertz CT molecular complexity index is 541. The van der Waals surface area contributed by atoms with Gasteiger partial charge in [0.25, 0.3) is 0 Å². The Morgan fingerprint density at radius 1 is 1.59 bits per heavy atom. The molecule has 0 spiro atoms. The second kappa shape index (κ2) is 4.96. The van der Waals surface area contributed by atoms with E-state index in [0.717, 1.165) is 11.8 Å². The van der Waals surface area contributed by atoms with Gasteiger partial charge in [-0.25, -0.2) is 4.98 Å². The van der Waals surface area contributed by atoms with Crippen LogP contribution in [0.4, 0.5) is 0 Å². The van der Waals surface area contributed by atoms with Gasteiger partial charge in [0.15, 0.2) is 0 Å². The standard InChI is InChI=1S/C10H9N3O3S/c1-6-12-9(13-16-6)7-3-2-4-11-10(7)17-5-8(14)15/h2-4H,5H2,1H3,(H,14,15). The van der Waals surface area contributed by atoms with Crippen molar-refractivity contribution in [1.29, 1.82) is 0 Å². The molecule has 17 heavy (non-hydrogen) atoms. The van der Waals surface area contributed by atoms with Crippen molar-refractivity contribution in [2.24, 2.45) is 0 Å². The predicted octanol–water partition coefficient (Wildman–Crippen LogP) is 1.62. The van der Waals surface area contributed by atoms with Crippen molar-refractivity contribution < 1.29 is 14.4 Å². The molecule has 0 fully saturated rings. The van der Waals surface area contributed by atoms with Crippen molar-refractivity contribution in [3.8, 4) is 11.4 Å². The average molecular weight is 251 g/mol. The first kappa shape index (κ1) is 11.6. The summed E-state index contributed by atoms with van der Waals surface area (Å²) in [7, 11) is 0. The number of carboxylic acid groups (broad SMARTS) is 1. The lowest BCUT2D eigenvalue weighted by Crippen LogP contribution is -1.99. The molecule has 0 bridgehead atoms. The number of aliphatic carboxylic acids is 1. The van der Waals surface area contributed by atoms with Crippen LogP contribution in [0.15, 0.2) is 27.9 Å². The van der Waals surface area contributed by atoms with Crippen LogP contribution in [-0.2, 0) is 4.79 Å². The van der Waals surface area contributed by atoms with Gasteiger partial charge in [-0.2, -0.15) is 4.98 Å². The average Bonchev–Trinajstić information content (AvgIpc) is 2.73. The fourth-order valence-corrected chi connectivity index (χ4v) is 1.93. The number of nitrogens with zero attached hydrogens (tertiary/aromatic N) is 3. The van der Waals surface area contributed by atoms with Crippen LogP contribution in [-0.4, -0.2) is 32.0 Å². The third-order valence-electron chi connectivity index (χ3n) is 1.87. The van der Waals surface area contributed by atoms with Gasteiger partial charge in [-0.05, 0) is 12.1 Å². The zero-order valence-electron chi connectivity index (χ0n) is 8.95. The van der Waals surface area contributed by atoms with Crippen LogP contribution in [0.1, 0.15) is 5.89 Å². The molecule has 1 N–H and O–H groups in total. The van der Waals surface area contributed by atoms with Crippen molar-refractivity contribution in [2.45, 2.75) is 11.9 Å². The molecular formula is C10H9N3O3S. The fourth-order valence-electron chi connectivity index (χ4n) is 1.21. The molecule has 2 aromatic heterocycles. The van der Waals surface area contributed by atoms with E-state index in [4.69, 9.17) is 9.63 Å². The van der Waals surface area contributed by atoms with Gasteiger partial charge in [0.1, 0.15) is 5.03 Å². The molecule has 0 saturated heterocycles. The molecular weight excluding hydrogens is 242 g/mol. The molecule has 0 saturated carbocycles. The van der Waals surface area contributed by atoms with Gasteiger partial charge >= 0.3 is 5.97 Å². The van der Waals surface area contributed by atoms with Crippen LogP contribution in [0.25, 0.3) is 11.4 Å². The number of hydrogen-bond acceptors (Lipinski definition) is 6. The maximum Gasteiger partial charge on any atom is 0.313 e. The number of hydrogen-bond donors (Lipinski definition) is 1. The Hall–Kier alpha value is -1.89. The maximum atomic E-state index is 10.5. The van der Waals surface area contributed by atoms with Crippen molar-refractivity contribution >= 4 is 17.7 Å². The maximum absolute atomic E-state index is 10.5. The van der Waals surface area contributed by atoms with Crippen LogP contribution >= 0.6 is 11.8 Å². The smallest absolute Gasteiger partial charge is 0.313 e. The molecule has 0 aliphatic carbocycles. The number of thioether (sulfide) groups is 1. The summed E-state index contributed by atoms with van der Waals surface area (Å²) in [6.45, 7) is 1.69. The van der Waals surface area contributed by atoms with Crippen LogP contribution in [0, 0.1) is 6.92 Å². The quantitative estimate of drug-likeness (QED) is 0.825. The summed E-state index contributed by atoms with van der Waals surface area (Å²) < 4.78 is 4.89. The molecule has 0 aromatic carbocycles. The van der Waals surface area contributed by atoms with E-state index in [9.17, 15) is 4.79 Å². The Balaban J connectivity index is 2.30. The van der Waals surface area contributed by atoms with Crippen molar-refractivity contribution in [3.05, 3.63) is 24.2 Å². The number of carboxylic acids is 1. The topological polar surface area (TPSA) is 89.1 Å². The first-order chi connectivity index (χ1) is 8.16. The molecule has 7 heteroatoms. The Morgan fingerprint density at radius 2 is 2.41 bits per heavy atom. The largest absolute Gasteiger partial charge is 0.481 e. The zero-order chi connectivity index (χ0) is 12.3. The lowest BCUT2D eigenvalue weighted by atomic mass is 10.3. The van der Waals surface area contributed by atoms with E-state index >= 15 is 0 Å². The Labute approximate surface area is 101 Å². The van der Waals surface area contributed by atoms with Gasteiger partial charge in [0, 0.05) is 13.1 Å². The third-order valence-corrected chi connectivity index (χ3v) is 2.86. The van der Waals surface area contributed by atoms with Gasteiger partial charge < -0.3 is 9.63 Å². The van der Waals surface area contributed by atoms with Crippen molar-refractivity contribution in [2.75, 3.05) is 5.75 Å². The normalized spacial score (nSPS) is 10.4. The lowest BCUT2D eigenvalue weighted by molar-refractivity contribution is -0.133. The molecule has 0 aliphatic rings. The van der Waals surface area contributed by atoms with Crippen LogP contribution < -0.4 is 0 Å². The minimum absolute atomic E-state index is 0.0547. The number of aromatic nitrogens is 3. The van der Waals surface area contributed by atoms with Gasteiger partial charge in [0.05, 0.1) is 11.3 Å². The molecule has 0 radical (unpaired) electrons. The zero-order valence-corrected chi connectivity index (χ0v) is 9.77. The van der Waals surface area contributed by atoms with Gasteiger partial charge in [-0.3, -0.25) is 4.79 Å². The van der Waals surface area contributed by atoms with Crippen LogP contribution in [0.5, 0.6) is 0 Å². The van der Waals surface area contributed by atoms with E-state index in [2.05, 4.69) is 15.1 Å². The molecule has 0 aliphatic heterocycles. The second-order valence-electron chi connectivity index (χ2n) is 3.18. The molecule has 2 rings (SSSR count). The van der Waals surface area contributed by atoms with Crippen LogP contribution in [0.3, 0.4) is 0 Å². The second-order valence-corrected chi connectivity index (χ2v) is 4.14. The minimum Gasteiger partial charge on any atom is -0.481 e. The highest BCUT2D eigenvalue weighted by Gasteiger charge is 2.13. The molecule has 2 heterocycles. The van der Waals surface area contributed by atoms with Gasteiger partial charge in [-0.1, -0.05) is 16.9 Å². The number of aryl methyl sites for hydroxylation is 1. The summed E-state index contributed by atoms with van der Waals surface area (Å²) >= 11 is 1.13. The Morgan fingerprint density at radius 3 is 3.06 bits per heavy atom. The van der Waals surface area contributed by atoms with Crippen molar-refractivity contribution in [1.82, 2.24) is 15.1 Å². The number of rotatable bonds is 4. The van der Waals surface area contributed by atoms with Crippen LogP contribution in [0.2, 0.25) is 0 Å². The van der Waals surface area contributed by atoms with Gasteiger partial charge in [0.2, 0.25) is 11.7 Å². The van der Waals surface area contributed by atoms with E-state index < -0.39 is 5.97 Å². The summed E-state index contributed by atoms with van der Waals surface area (Å²) in [5.74, 6) is -0.0710. The first-order valence-electron chi connectivity index (χ1n) is 4.77. The summed E-state index contributed by atoms with van der Waals surface area (Å²) in [6.07, 6.45) is 1.60. The highest BCUT2D eigenvalue weighted by Crippen LogP contribution is 2.27. The number of carbonyl (C=O) groups is 1. The SMILES string of the molecule is Cc1nc(-c2cccnc2SCC(=O)O)no1. The fraction of sp³-hybridized carbons (Fsp3) is 0.200. The summed E-state index contributed by atoms with van der Waals surface area (Å²) in [5.41, 5.74) is 0.676. The predicted molar refractivity (Wildman–Crippen MR) is 60.6 cm³/mol. The summed E-state index contributed by atoms with van der Waals surface area (Å²) in [5, 5.41) is 13.0. The minimum atomic E-state index is -0.893. The first-order valence-corrected chi connectivity index (χ1v) is 5.75. The monoisotopic (exact) mass is 251 g/mol. The van der Waals surface area contributed by atoms with E-state index in [1.165, 1.54) is 0 Å². The van der Waals surface area contributed by atoms with Gasteiger partial charge in [-0.15, -0.1) is 0 Å². The van der Waals surface area contributed by atoms with Crippen molar-refractivity contribution in [3.63, 3.8) is 0 Å². The lowest BCUT2D eigenvalue weighted by Gasteiger charge is -2.02. The molecule has 6 nitrogen and oxygen atoms in total. The highest BCUT2D eigenvalue weighted by atomic mass is 32.2. The highest BCUT2D eigenvalue weighted by molar-refractivity contribution is 8.00. The number of pyridine rings is 1. The third kappa shape index (κ3) is 2.82.